The summed E-state index contributed by atoms with van der Waals surface area (Å²) in [6, 6.07) is 16.9. The SMILES string of the molecule is C1=N/CCNCC/N=C/c2ccc(cc2)CNCCNCC/N=C/c2ccc/1cc2. The molecule has 0 unspecified atom stereocenters. The molecule has 0 saturated carbocycles. The molecule has 0 atom stereocenters. The number of aliphatic imine (C=N–C) groups is 3. The Morgan fingerprint density at radius 1 is 0.467 bits per heavy atom. The highest BCUT2D eigenvalue weighted by Gasteiger charge is 1.95. The molecule has 4 bridgehead atoms. The van der Waals surface area contributed by atoms with Crippen molar-refractivity contribution in [2.24, 2.45) is 15.0 Å². The van der Waals surface area contributed by atoms with Crippen LogP contribution in [0.3, 0.4) is 0 Å². The molecule has 2 aromatic rings. The van der Waals surface area contributed by atoms with Crippen molar-refractivity contribution in [2.45, 2.75) is 6.54 Å². The molecule has 4 aliphatic rings. The van der Waals surface area contributed by atoms with Gasteiger partial charge in [-0.1, -0.05) is 48.5 Å². The Labute approximate surface area is 179 Å². The largest absolute Gasteiger partial charge is 0.314 e. The number of benzene rings is 2. The summed E-state index contributed by atoms with van der Waals surface area (Å²) in [5.41, 5.74) is 4.64. The van der Waals surface area contributed by atoms with E-state index in [1.54, 1.807) is 0 Å². The van der Waals surface area contributed by atoms with Gasteiger partial charge >= 0.3 is 0 Å². The van der Waals surface area contributed by atoms with Crippen molar-refractivity contribution in [1.29, 1.82) is 0 Å². The molecule has 2 aromatic carbocycles. The van der Waals surface area contributed by atoms with Gasteiger partial charge in [0, 0.05) is 57.9 Å². The van der Waals surface area contributed by atoms with Gasteiger partial charge in [-0.05, 0) is 22.3 Å². The van der Waals surface area contributed by atoms with Gasteiger partial charge in [-0.2, -0.15) is 0 Å². The first-order chi connectivity index (χ1) is 14.9. The Bertz CT molecular complexity index is 809. The molecular formula is C24H32N6. The van der Waals surface area contributed by atoms with Crippen LogP contribution < -0.4 is 16.0 Å². The van der Waals surface area contributed by atoms with E-state index in [-0.39, 0.29) is 0 Å². The highest BCUT2D eigenvalue weighted by Crippen LogP contribution is 2.02. The van der Waals surface area contributed by atoms with Crippen molar-refractivity contribution in [3.05, 3.63) is 70.8 Å². The quantitative estimate of drug-likeness (QED) is 0.628. The van der Waals surface area contributed by atoms with Crippen LogP contribution in [0, 0.1) is 0 Å². The lowest BCUT2D eigenvalue weighted by molar-refractivity contribution is 0.615. The maximum absolute atomic E-state index is 4.49. The van der Waals surface area contributed by atoms with E-state index in [1.165, 1.54) is 5.56 Å². The van der Waals surface area contributed by atoms with Crippen molar-refractivity contribution in [3.63, 3.8) is 0 Å². The molecule has 0 aromatic heterocycles. The van der Waals surface area contributed by atoms with E-state index in [2.05, 4.69) is 79.5 Å². The lowest BCUT2D eigenvalue weighted by Gasteiger charge is -2.06. The van der Waals surface area contributed by atoms with Gasteiger partial charge in [0.2, 0.25) is 0 Å². The van der Waals surface area contributed by atoms with Gasteiger partial charge in [0.25, 0.3) is 0 Å². The molecule has 0 amide bonds. The van der Waals surface area contributed by atoms with Crippen molar-refractivity contribution in [3.8, 4) is 0 Å². The monoisotopic (exact) mass is 404 g/mol. The Kier molecular flexibility index (Phi) is 9.94. The van der Waals surface area contributed by atoms with E-state index in [0.29, 0.717) is 0 Å². The average Bonchev–Trinajstić information content (AvgIpc) is 2.78. The summed E-state index contributed by atoms with van der Waals surface area (Å²) in [5, 5.41) is 10.3. The Balaban J connectivity index is 1.51. The van der Waals surface area contributed by atoms with Crippen LogP contribution in [0.5, 0.6) is 0 Å². The molecule has 0 spiro atoms. The van der Waals surface area contributed by atoms with Crippen LogP contribution in [-0.2, 0) is 6.54 Å². The number of hydrogen-bond donors (Lipinski definition) is 3. The van der Waals surface area contributed by atoms with Gasteiger partial charge in [0.15, 0.2) is 0 Å². The van der Waals surface area contributed by atoms with Crippen LogP contribution in [-0.4, -0.2) is 71.0 Å². The predicted molar refractivity (Wildman–Crippen MR) is 128 cm³/mol. The molecule has 0 fully saturated rings. The summed E-state index contributed by atoms with van der Waals surface area (Å²) in [6.45, 7) is 7.64. The first-order valence-corrected chi connectivity index (χ1v) is 10.7. The summed E-state index contributed by atoms with van der Waals surface area (Å²) in [5.74, 6) is 0. The minimum atomic E-state index is 0.759. The van der Waals surface area contributed by atoms with E-state index in [4.69, 9.17) is 0 Å². The molecule has 6 rings (SSSR count). The van der Waals surface area contributed by atoms with Gasteiger partial charge in [-0.3, -0.25) is 15.0 Å². The van der Waals surface area contributed by atoms with E-state index in [0.717, 1.165) is 75.6 Å². The van der Waals surface area contributed by atoms with Crippen molar-refractivity contribution in [1.82, 2.24) is 16.0 Å². The van der Waals surface area contributed by atoms with Crippen molar-refractivity contribution >= 4 is 18.6 Å². The zero-order valence-corrected chi connectivity index (χ0v) is 17.6. The van der Waals surface area contributed by atoms with E-state index in [9.17, 15) is 0 Å². The standard InChI is InChI=1S/C24H32N6/c1-2-22-4-3-21(1)17-27-13-9-25-11-15-29-19-23-5-7-24(8-6-23)20-30-16-12-26-10-14-28-18-22/h1-8,17-19,25-26,30H,9-16,20H2/b27-17+,28-18+,29-19+. The minimum Gasteiger partial charge on any atom is -0.314 e. The van der Waals surface area contributed by atoms with Crippen molar-refractivity contribution < 1.29 is 0 Å². The number of hydrogen-bond acceptors (Lipinski definition) is 6. The fourth-order valence-corrected chi connectivity index (χ4v) is 2.99. The molecule has 158 valence electrons. The Hall–Kier alpha value is -2.67. The van der Waals surface area contributed by atoms with Crippen LogP contribution in [0.4, 0.5) is 0 Å². The fraction of sp³-hybridized carbons (Fsp3) is 0.375. The second kappa shape index (κ2) is 13.5. The summed E-state index contributed by atoms with van der Waals surface area (Å²) in [6.07, 6.45) is 5.80. The van der Waals surface area contributed by atoms with Gasteiger partial charge in [0.05, 0.1) is 19.6 Å². The smallest absolute Gasteiger partial charge is 0.0514 e. The number of nitrogens with one attached hydrogen (secondary N) is 3. The summed E-state index contributed by atoms with van der Waals surface area (Å²) in [7, 11) is 0. The second-order valence-electron chi connectivity index (χ2n) is 7.19. The first kappa shape index (κ1) is 22.0. The summed E-state index contributed by atoms with van der Waals surface area (Å²) >= 11 is 0. The molecule has 0 saturated heterocycles. The number of rotatable bonds is 0. The molecule has 0 aliphatic carbocycles. The lowest BCUT2D eigenvalue weighted by Crippen LogP contribution is -2.28. The van der Waals surface area contributed by atoms with E-state index >= 15 is 0 Å². The van der Waals surface area contributed by atoms with Crippen LogP contribution in [0.2, 0.25) is 0 Å². The topological polar surface area (TPSA) is 73.2 Å². The zero-order valence-electron chi connectivity index (χ0n) is 17.6. The third kappa shape index (κ3) is 8.78. The number of nitrogens with zero attached hydrogens (tertiary/aromatic N) is 3. The summed E-state index contributed by atoms with van der Waals surface area (Å²) in [4.78, 5) is 13.5. The van der Waals surface area contributed by atoms with Gasteiger partial charge in [0.1, 0.15) is 0 Å². The zero-order chi connectivity index (χ0) is 20.7. The Morgan fingerprint density at radius 2 is 0.867 bits per heavy atom. The normalized spacial score (nSPS) is 20.5. The minimum absolute atomic E-state index is 0.759. The molecule has 30 heavy (non-hydrogen) atoms. The van der Waals surface area contributed by atoms with Crippen LogP contribution >= 0.6 is 0 Å². The highest BCUT2D eigenvalue weighted by molar-refractivity contribution is 5.84. The van der Waals surface area contributed by atoms with Crippen molar-refractivity contribution in [2.75, 3.05) is 52.4 Å². The van der Waals surface area contributed by atoms with Gasteiger partial charge in [-0.25, -0.2) is 0 Å². The summed E-state index contributed by atoms with van der Waals surface area (Å²) < 4.78 is 0. The molecular weight excluding hydrogens is 372 g/mol. The fourth-order valence-electron chi connectivity index (χ4n) is 2.99. The van der Waals surface area contributed by atoms with E-state index in [1.807, 2.05) is 18.6 Å². The third-order valence-corrected chi connectivity index (χ3v) is 4.70. The predicted octanol–water partition coefficient (Wildman–Crippen LogP) is 1.93. The highest BCUT2D eigenvalue weighted by atomic mass is 14.9. The van der Waals surface area contributed by atoms with Gasteiger partial charge < -0.3 is 16.0 Å². The molecule has 0 radical (unpaired) electrons. The second-order valence-corrected chi connectivity index (χ2v) is 7.19. The van der Waals surface area contributed by atoms with E-state index < -0.39 is 0 Å². The maximum atomic E-state index is 4.49. The Morgan fingerprint density at radius 3 is 1.37 bits per heavy atom. The molecule has 6 heteroatoms. The third-order valence-electron chi connectivity index (χ3n) is 4.70. The van der Waals surface area contributed by atoms with Crippen LogP contribution in [0.15, 0.2) is 63.5 Å². The molecule has 4 heterocycles. The molecule has 4 aliphatic heterocycles. The average molecular weight is 405 g/mol. The molecule has 6 nitrogen and oxygen atoms in total. The van der Waals surface area contributed by atoms with Crippen LogP contribution in [0.25, 0.3) is 0 Å². The first-order valence-electron chi connectivity index (χ1n) is 10.7. The molecule has 3 N–H and O–H groups in total. The lowest BCUT2D eigenvalue weighted by atomic mass is 10.1. The van der Waals surface area contributed by atoms with Crippen LogP contribution in [0.1, 0.15) is 22.3 Å². The maximum Gasteiger partial charge on any atom is 0.0514 e. The van der Waals surface area contributed by atoms with Gasteiger partial charge in [-0.15, -0.1) is 0 Å².